The minimum Gasteiger partial charge on any atom is -0.371 e. The van der Waals surface area contributed by atoms with E-state index in [2.05, 4.69) is 70.9 Å². The van der Waals surface area contributed by atoms with E-state index in [1.165, 1.54) is 11.4 Å². The number of para-hydroxylation sites is 2. The number of hydrogen-bond acceptors (Lipinski definition) is 2. The number of hydrogen-bond donors (Lipinski definition) is 0. The van der Waals surface area contributed by atoms with Crippen LogP contribution in [0.2, 0.25) is 0 Å². The van der Waals surface area contributed by atoms with Crippen molar-refractivity contribution < 1.29 is 0 Å². The lowest BCUT2D eigenvalue weighted by Crippen LogP contribution is -2.42. The van der Waals surface area contributed by atoms with Gasteiger partial charge in [-0.2, -0.15) is 0 Å². The molecule has 1 heterocycles. The molecule has 0 saturated heterocycles. The average molecular weight is 311 g/mol. The van der Waals surface area contributed by atoms with Crippen molar-refractivity contribution in [2.45, 2.75) is 13.8 Å². The maximum Gasteiger partial charge on any atom is 0.0604 e. The molecule has 0 aromatic heterocycles. The molecular formula is C15H23BrN2. The van der Waals surface area contributed by atoms with Crippen molar-refractivity contribution in [1.82, 2.24) is 0 Å². The molecule has 0 bridgehead atoms. The maximum atomic E-state index is 3.66. The number of rotatable bonds is 4. The third-order valence-electron chi connectivity index (χ3n) is 3.93. The number of halogens is 1. The summed E-state index contributed by atoms with van der Waals surface area (Å²) in [6.07, 6.45) is 0. The van der Waals surface area contributed by atoms with Crippen LogP contribution in [0.15, 0.2) is 24.3 Å². The molecule has 0 saturated carbocycles. The first-order chi connectivity index (χ1) is 8.63. The van der Waals surface area contributed by atoms with E-state index in [1.807, 2.05) is 0 Å². The summed E-state index contributed by atoms with van der Waals surface area (Å²) < 4.78 is 0. The zero-order valence-corrected chi connectivity index (χ0v) is 13.2. The molecule has 0 radical (unpaired) electrons. The summed E-state index contributed by atoms with van der Waals surface area (Å²) in [5.41, 5.74) is 2.75. The van der Waals surface area contributed by atoms with Gasteiger partial charge in [0.15, 0.2) is 0 Å². The Kier molecular flexibility index (Phi) is 4.55. The first kappa shape index (κ1) is 13.7. The quantitative estimate of drug-likeness (QED) is 0.784. The van der Waals surface area contributed by atoms with Gasteiger partial charge < -0.3 is 9.80 Å². The van der Waals surface area contributed by atoms with Crippen molar-refractivity contribution >= 4 is 27.3 Å². The molecule has 0 N–H and O–H groups in total. The first-order valence-corrected chi connectivity index (χ1v) is 7.86. The molecule has 0 aliphatic carbocycles. The molecule has 1 atom stereocenters. The Balaban J connectivity index is 2.18. The molecule has 0 amide bonds. The van der Waals surface area contributed by atoms with Crippen LogP contribution in [0, 0.1) is 11.8 Å². The summed E-state index contributed by atoms with van der Waals surface area (Å²) in [7, 11) is 2.18. The molecule has 100 valence electrons. The van der Waals surface area contributed by atoms with Gasteiger partial charge in [-0.25, -0.2) is 0 Å². The number of likely N-dealkylation sites (N-methyl/N-ethyl adjacent to an activating group) is 1. The van der Waals surface area contributed by atoms with Crippen molar-refractivity contribution in [1.29, 1.82) is 0 Å². The Morgan fingerprint density at radius 1 is 1.17 bits per heavy atom. The van der Waals surface area contributed by atoms with Crippen molar-refractivity contribution in [3.63, 3.8) is 0 Å². The molecular weight excluding hydrogens is 288 g/mol. The van der Waals surface area contributed by atoms with Gasteiger partial charge >= 0.3 is 0 Å². The van der Waals surface area contributed by atoms with Crippen LogP contribution in [0.1, 0.15) is 13.8 Å². The summed E-state index contributed by atoms with van der Waals surface area (Å²) in [6.45, 7) is 8.02. The van der Waals surface area contributed by atoms with Crippen LogP contribution in [0.25, 0.3) is 0 Å². The van der Waals surface area contributed by atoms with E-state index >= 15 is 0 Å². The monoisotopic (exact) mass is 310 g/mol. The van der Waals surface area contributed by atoms with E-state index in [-0.39, 0.29) is 0 Å². The molecule has 1 aliphatic rings. The van der Waals surface area contributed by atoms with Gasteiger partial charge in [-0.05, 0) is 24.0 Å². The number of benzene rings is 1. The highest BCUT2D eigenvalue weighted by Gasteiger charge is 2.23. The van der Waals surface area contributed by atoms with E-state index in [4.69, 9.17) is 0 Å². The topological polar surface area (TPSA) is 6.48 Å². The van der Waals surface area contributed by atoms with Crippen LogP contribution in [-0.2, 0) is 0 Å². The van der Waals surface area contributed by atoms with Crippen LogP contribution >= 0.6 is 15.9 Å². The summed E-state index contributed by atoms with van der Waals surface area (Å²) in [6, 6.07) is 8.74. The molecule has 1 aliphatic heterocycles. The van der Waals surface area contributed by atoms with Gasteiger partial charge in [-0.15, -0.1) is 0 Å². The second-order valence-corrected chi connectivity index (χ2v) is 6.16. The SMILES string of the molecule is CC(C)C(CBr)CN1CCN(C)c2ccccc21. The maximum absolute atomic E-state index is 3.66. The fourth-order valence-electron chi connectivity index (χ4n) is 2.48. The van der Waals surface area contributed by atoms with E-state index in [9.17, 15) is 0 Å². The highest BCUT2D eigenvalue weighted by atomic mass is 79.9. The molecule has 1 aromatic carbocycles. The lowest BCUT2D eigenvalue weighted by atomic mass is 9.97. The molecule has 1 aromatic rings. The smallest absolute Gasteiger partial charge is 0.0604 e. The number of anilines is 2. The fraction of sp³-hybridized carbons (Fsp3) is 0.600. The lowest BCUT2D eigenvalue weighted by Gasteiger charge is -2.39. The molecule has 3 heteroatoms. The normalized spacial score (nSPS) is 16.9. The van der Waals surface area contributed by atoms with Crippen LogP contribution < -0.4 is 9.80 Å². The Morgan fingerprint density at radius 3 is 2.44 bits per heavy atom. The fourth-order valence-corrected chi connectivity index (χ4v) is 3.43. The molecule has 0 fully saturated rings. The Labute approximate surface area is 119 Å². The summed E-state index contributed by atoms with van der Waals surface area (Å²) in [4.78, 5) is 4.89. The van der Waals surface area contributed by atoms with Gasteiger partial charge in [-0.1, -0.05) is 41.9 Å². The summed E-state index contributed by atoms with van der Waals surface area (Å²) in [5, 5.41) is 1.08. The highest BCUT2D eigenvalue weighted by Crippen LogP contribution is 2.33. The van der Waals surface area contributed by atoms with Crippen molar-refractivity contribution in [2.24, 2.45) is 11.8 Å². The van der Waals surface area contributed by atoms with Gasteiger partial charge in [0.1, 0.15) is 0 Å². The summed E-state index contributed by atoms with van der Waals surface area (Å²) >= 11 is 3.66. The number of nitrogens with zero attached hydrogens (tertiary/aromatic N) is 2. The Hall–Kier alpha value is -0.700. The number of alkyl halides is 1. The predicted octanol–water partition coefficient (Wildman–Crippen LogP) is 3.61. The average Bonchev–Trinajstić information content (AvgIpc) is 2.38. The zero-order valence-electron chi connectivity index (χ0n) is 11.6. The summed E-state index contributed by atoms with van der Waals surface area (Å²) in [5.74, 6) is 1.43. The largest absolute Gasteiger partial charge is 0.371 e. The zero-order chi connectivity index (χ0) is 13.1. The minimum atomic E-state index is 0.710. The van der Waals surface area contributed by atoms with Crippen molar-refractivity contribution in [2.75, 3.05) is 41.8 Å². The van der Waals surface area contributed by atoms with Crippen LogP contribution in [0.3, 0.4) is 0 Å². The van der Waals surface area contributed by atoms with Crippen LogP contribution in [0.5, 0.6) is 0 Å². The second kappa shape index (κ2) is 5.96. The number of fused-ring (bicyclic) bond motifs is 1. The van der Waals surface area contributed by atoms with E-state index < -0.39 is 0 Å². The third-order valence-corrected chi connectivity index (χ3v) is 4.77. The molecule has 18 heavy (non-hydrogen) atoms. The molecule has 2 rings (SSSR count). The lowest BCUT2D eigenvalue weighted by molar-refractivity contribution is 0.424. The van der Waals surface area contributed by atoms with Crippen LogP contribution in [0.4, 0.5) is 11.4 Å². The third kappa shape index (κ3) is 2.82. The van der Waals surface area contributed by atoms with E-state index in [0.29, 0.717) is 5.92 Å². The molecule has 0 spiro atoms. The second-order valence-electron chi connectivity index (χ2n) is 5.51. The molecule has 2 nitrogen and oxygen atoms in total. The first-order valence-electron chi connectivity index (χ1n) is 6.74. The van der Waals surface area contributed by atoms with E-state index in [0.717, 1.165) is 30.9 Å². The Morgan fingerprint density at radius 2 is 1.83 bits per heavy atom. The molecule has 1 unspecified atom stereocenters. The van der Waals surface area contributed by atoms with Gasteiger partial charge in [0.05, 0.1) is 11.4 Å². The van der Waals surface area contributed by atoms with Gasteiger partial charge in [0.25, 0.3) is 0 Å². The minimum absolute atomic E-state index is 0.710. The van der Waals surface area contributed by atoms with Crippen molar-refractivity contribution in [3.8, 4) is 0 Å². The predicted molar refractivity (Wildman–Crippen MR) is 84.0 cm³/mol. The van der Waals surface area contributed by atoms with Gasteiger partial charge in [0.2, 0.25) is 0 Å². The highest BCUT2D eigenvalue weighted by molar-refractivity contribution is 9.09. The van der Waals surface area contributed by atoms with Gasteiger partial charge in [-0.3, -0.25) is 0 Å². The standard InChI is InChI=1S/C15H23BrN2/c1-12(2)13(10-16)11-18-9-8-17(3)14-6-4-5-7-15(14)18/h4-7,12-13H,8-11H2,1-3H3. The van der Waals surface area contributed by atoms with Gasteiger partial charge in [0, 0.05) is 32.0 Å². The Bertz CT molecular complexity index is 392. The van der Waals surface area contributed by atoms with Crippen LogP contribution in [-0.4, -0.2) is 32.0 Å². The van der Waals surface area contributed by atoms with E-state index in [1.54, 1.807) is 0 Å². The van der Waals surface area contributed by atoms with Crippen molar-refractivity contribution in [3.05, 3.63) is 24.3 Å².